The average Bonchev–Trinajstić information content (AvgIpc) is 2.23. The minimum atomic E-state index is -0.357. The van der Waals surface area contributed by atoms with Gasteiger partial charge >= 0.3 is 0 Å². The van der Waals surface area contributed by atoms with Crippen molar-refractivity contribution in [3.8, 4) is 6.07 Å². The molecule has 0 saturated carbocycles. The van der Waals surface area contributed by atoms with Crippen LogP contribution in [-0.4, -0.2) is 9.78 Å². The Morgan fingerprint density at radius 1 is 1.56 bits per heavy atom. The second-order valence-corrected chi connectivity index (χ2v) is 4.42. The van der Waals surface area contributed by atoms with Gasteiger partial charge in [-0.1, -0.05) is 0 Å². The molecule has 0 aliphatic carbocycles. The number of nitrogen functional groups attached to an aromatic ring is 1. The van der Waals surface area contributed by atoms with E-state index in [0.717, 1.165) is 12.8 Å². The number of aryl methyl sites for hydroxylation is 1. The van der Waals surface area contributed by atoms with E-state index in [2.05, 4.69) is 11.2 Å². The summed E-state index contributed by atoms with van der Waals surface area (Å²) in [5, 5.41) is 12.8. The number of hydrogen-bond donors (Lipinski definition) is 1. The lowest BCUT2D eigenvalue weighted by atomic mass is 9.90. The SMILES string of the molecule is CC(C)(C#N)CCCn1nc(N)ccc1=O. The Morgan fingerprint density at radius 3 is 2.88 bits per heavy atom. The van der Waals surface area contributed by atoms with Crippen LogP contribution in [0.5, 0.6) is 0 Å². The Kier molecular flexibility index (Phi) is 3.67. The summed E-state index contributed by atoms with van der Waals surface area (Å²) in [5.41, 5.74) is 4.97. The highest BCUT2D eigenvalue weighted by atomic mass is 16.1. The molecule has 86 valence electrons. The van der Waals surface area contributed by atoms with Crippen LogP contribution in [0.1, 0.15) is 26.7 Å². The standard InChI is InChI=1S/C11H16N4O/c1-11(2,8-12)6-3-7-15-10(16)5-4-9(13)14-15/h4-5H,3,6-7H2,1-2H3,(H2,13,14). The first-order chi connectivity index (χ1) is 7.44. The van der Waals surface area contributed by atoms with Crippen LogP contribution in [0.15, 0.2) is 16.9 Å². The van der Waals surface area contributed by atoms with Crippen molar-refractivity contribution in [3.63, 3.8) is 0 Å². The van der Waals surface area contributed by atoms with E-state index < -0.39 is 0 Å². The zero-order valence-electron chi connectivity index (χ0n) is 9.60. The van der Waals surface area contributed by atoms with Crippen LogP contribution < -0.4 is 11.3 Å². The maximum atomic E-state index is 11.4. The van der Waals surface area contributed by atoms with Crippen molar-refractivity contribution in [2.24, 2.45) is 5.41 Å². The minimum Gasteiger partial charge on any atom is -0.382 e. The van der Waals surface area contributed by atoms with Crippen molar-refractivity contribution in [2.45, 2.75) is 33.2 Å². The molecule has 5 heteroatoms. The molecule has 2 N–H and O–H groups in total. The number of nitriles is 1. The maximum absolute atomic E-state index is 11.4. The molecule has 0 aromatic carbocycles. The lowest BCUT2D eigenvalue weighted by Crippen LogP contribution is -2.23. The molecular formula is C11H16N4O. The molecule has 1 heterocycles. The summed E-state index contributed by atoms with van der Waals surface area (Å²) in [6, 6.07) is 5.11. The van der Waals surface area contributed by atoms with Crippen LogP contribution in [0.25, 0.3) is 0 Å². The number of rotatable bonds is 4. The van der Waals surface area contributed by atoms with Gasteiger partial charge < -0.3 is 5.73 Å². The molecule has 1 aromatic heterocycles. The maximum Gasteiger partial charge on any atom is 0.266 e. The number of nitrogens with two attached hydrogens (primary N) is 1. The number of nitrogens with zero attached hydrogens (tertiary/aromatic N) is 3. The molecule has 0 aliphatic heterocycles. The average molecular weight is 220 g/mol. The van der Waals surface area contributed by atoms with Crippen molar-refractivity contribution in [2.75, 3.05) is 5.73 Å². The molecule has 0 saturated heterocycles. The largest absolute Gasteiger partial charge is 0.382 e. The molecule has 0 amide bonds. The molecule has 1 rings (SSSR count). The summed E-state index contributed by atoms with van der Waals surface area (Å²) in [6.45, 7) is 4.25. The Balaban J connectivity index is 2.60. The molecule has 0 radical (unpaired) electrons. The van der Waals surface area contributed by atoms with Gasteiger partial charge in [0.2, 0.25) is 0 Å². The molecule has 0 bridgehead atoms. The Morgan fingerprint density at radius 2 is 2.25 bits per heavy atom. The first kappa shape index (κ1) is 12.2. The summed E-state index contributed by atoms with van der Waals surface area (Å²) in [4.78, 5) is 11.4. The third-order valence-electron chi connectivity index (χ3n) is 2.36. The number of aromatic nitrogens is 2. The van der Waals surface area contributed by atoms with E-state index in [4.69, 9.17) is 11.0 Å². The van der Waals surface area contributed by atoms with E-state index in [1.165, 1.54) is 16.8 Å². The fraction of sp³-hybridized carbons (Fsp3) is 0.545. The summed E-state index contributed by atoms with van der Waals surface area (Å²) >= 11 is 0. The van der Waals surface area contributed by atoms with E-state index in [9.17, 15) is 4.79 Å². The highest BCUT2D eigenvalue weighted by molar-refractivity contribution is 5.23. The van der Waals surface area contributed by atoms with Gasteiger partial charge in [0.05, 0.1) is 11.5 Å². The summed E-state index contributed by atoms with van der Waals surface area (Å²) in [6.07, 6.45) is 1.46. The van der Waals surface area contributed by atoms with E-state index >= 15 is 0 Å². The van der Waals surface area contributed by atoms with Crippen molar-refractivity contribution < 1.29 is 0 Å². The smallest absolute Gasteiger partial charge is 0.266 e. The van der Waals surface area contributed by atoms with Gasteiger partial charge in [0.25, 0.3) is 5.56 Å². The zero-order chi connectivity index (χ0) is 12.2. The van der Waals surface area contributed by atoms with E-state index in [1.807, 2.05) is 13.8 Å². The van der Waals surface area contributed by atoms with Gasteiger partial charge in [-0.25, -0.2) is 4.68 Å². The molecule has 16 heavy (non-hydrogen) atoms. The molecule has 0 spiro atoms. The lowest BCUT2D eigenvalue weighted by Gasteiger charge is -2.14. The van der Waals surface area contributed by atoms with Crippen molar-refractivity contribution in [1.82, 2.24) is 9.78 Å². The van der Waals surface area contributed by atoms with Crippen molar-refractivity contribution in [1.29, 1.82) is 5.26 Å². The highest BCUT2D eigenvalue weighted by Gasteiger charge is 2.15. The topological polar surface area (TPSA) is 84.7 Å². The van der Waals surface area contributed by atoms with Crippen molar-refractivity contribution in [3.05, 3.63) is 22.5 Å². The van der Waals surface area contributed by atoms with Crippen LogP contribution in [0.4, 0.5) is 5.82 Å². The molecule has 5 nitrogen and oxygen atoms in total. The molecule has 0 atom stereocenters. The van der Waals surface area contributed by atoms with Gasteiger partial charge in [0.1, 0.15) is 5.82 Å². The zero-order valence-corrected chi connectivity index (χ0v) is 9.60. The quantitative estimate of drug-likeness (QED) is 0.825. The van der Waals surface area contributed by atoms with Gasteiger partial charge in [-0.2, -0.15) is 10.4 Å². The molecule has 0 aliphatic rings. The van der Waals surface area contributed by atoms with E-state index in [-0.39, 0.29) is 11.0 Å². The third kappa shape index (κ3) is 3.39. The summed E-state index contributed by atoms with van der Waals surface area (Å²) < 4.78 is 1.34. The number of hydrogen-bond acceptors (Lipinski definition) is 4. The molecule has 0 fully saturated rings. The van der Waals surface area contributed by atoms with Crippen LogP contribution >= 0.6 is 0 Å². The molecule has 0 unspecified atom stereocenters. The fourth-order valence-corrected chi connectivity index (χ4v) is 1.35. The fourth-order valence-electron chi connectivity index (χ4n) is 1.35. The first-order valence-corrected chi connectivity index (χ1v) is 5.19. The summed E-state index contributed by atoms with van der Waals surface area (Å²) in [7, 11) is 0. The van der Waals surface area contributed by atoms with Gasteiger partial charge in [0.15, 0.2) is 0 Å². The normalized spacial score (nSPS) is 11.1. The Bertz CT molecular complexity index is 456. The molecule has 1 aromatic rings. The molecular weight excluding hydrogens is 204 g/mol. The third-order valence-corrected chi connectivity index (χ3v) is 2.36. The van der Waals surface area contributed by atoms with Crippen LogP contribution in [0.2, 0.25) is 0 Å². The first-order valence-electron chi connectivity index (χ1n) is 5.19. The summed E-state index contributed by atoms with van der Waals surface area (Å²) in [5.74, 6) is 0.333. The Labute approximate surface area is 94.5 Å². The highest BCUT2D eigenvalue weighted by Crippen LogP contribution is 2.20. The van der Waals surface area contributed by atoms with Gasteiger partial charge in [0, 0.05) is 12.6 Å². The monoisotopic (exact) mass is 220 g/mol. The van der Waals surface area contributed by atoms with Crippen molar-refractivity contribution >= 4 is 5.82 Å². The van der Waals surface area contributed by atoms with Gasteiger partial charge in [-0.3, -0.25) is 4.79 Å². The van der Waals surface area contributed by atoms with Crippen LogP contribution in [0, 0.1) is 16.7 Å². The van der Waals surface area contributed by atoms with Crippen LogP contribution in [-0.2, 0) is 6.54 Å². The predicted molar refractivity (Wildman–Crippen MR) is 61.5 cm³/mol. The van der Waals surface area contributed by atoms with E-state index in [1.54, 1.807) is 0 Å². The lowest BCUT2D eigenvalue weighted by molar-refractivity contribution is 0.402. The van der Waals surface area contributed by atoms with Crippen LogP contribution in [0.3, 0.4) is 0 Å². The minimum absolute atomic E-state index is 0.163. The second kappa shape index (κ2) is 4.79. The predicted octanol–water partition coefficient (Wildman–Crippen LogP) is 1.16. The van der Waals surface area contributed by atoms with Gasteiger partial charge in [-0.05, 0) is 32.8 Å². The number of anilines is 1. The Hall–Kier alpha value is -1.83. The van der Waals surface area contributed by atoms with E-state index in [0.29, 0.717) is 12.4 Å². The second-order valence-electron chi connectivity index (χ2n) is 4.42. The van der Waals surface area contributed by atoms with Gasteiger partial charge in [-0.15, -0.1) is 0 Å².